The third kappa shape index (κ3) is 2.33. The van der Waals surface area contributed by atoms with Crippen LogP contribution in [-0.4, -0.2) is 28.4 Å². The molecule has 0 spiro atoms. The molecular formula is C15H13N3O2. The van der Waals surface area contributed by atoms with Crippen LogP contribution >= 0.6 is 0 Å². The minimum Gasteiger partial charge on any atom is -0.507 e. The van der Waals surface area contributed by atoms with E-state index in [-0.39, 0.29) is 5.75 Å². The maximum Gasteiger partial charge on any atom is 0.227 e. The molecule has 0 saturated carbocycles. The molecular weight excluding hydrogens is 254 g/mol. The fraction of sp³-hybridized carbons (Fsp3) is 0.0667. The van der Waals surface area contributed by atoms with E-state index in [1.165, 1.54) is 0 Å². The molecule has 5 heteroatoms. The van der Waals surface area contributed by atoms with E-state index in [9.17, 15) is 5.11 Å². The van der Waals surface area contributed by atoms with E-state index in [1.807, 2.05) is 24.3 Å². The highest BCUT2D eigenvalue weighted by atomic mass is 16.5. The predicted molar refractivity (Wildman–Crippen MR) is 78.0 cm³/mol. The van der Waals surface area contributed by atoms with Crippen LogP contribution in [0, 0.1) is 0 Å². The zero-order valence-electron chi connectivity index (χ0n) is 10.9. The van der Waals surface area contributed by atoms with Crippen molar-refractivity contribution >= 4 is 23.2 Å². The molecule has 0 aliphatic rings. The van der Waals surface area contributed by atoms with Gasteiger partial charge in [0.05, 0.1) is 18.1 Å². The summed E-state index contributed by atoms with van der Waals surface area (Å²) >= 11 is 0. The summed E-state index contributed by atoms with van der Waals surface area (Å²) in [4.78, 5) is 11.7. The van der Waals surface area contributed by atoms with Crippen molar-refractivity contribution in [3.05, 3.63) is 48.0 Å². The third-order valence-electron chi connectivity index (χ3n) is 2.94. The number of ether oxygens (including phenoxy) is 1. The van der Waals surface area contributed by atoms with Gasteiger partial charge in [0.25, 0.3) is 0 Å². The van der Waals surface area contributed by atoms with Crippen molar-refractivity contribution in [1.29, 1.82) is 0 Å². The number of aromatic hydroxyl groups is 1. The first-order valence-corrected chi connectivity index (χ1v) is 6.12. The number of aliphatic imine (C=N–C) groups is 1. The van der Waals surface area contributed by atoms with Crippen molar-refractivity contribution in [3.8, 4) is 11.5 Å². The van der Waals surface area contributed by atoms with Crippen molar-refractivity contribution in [2.75, 3.05) is 7.11 Å². The SMILES string of the molecule is COc1ccc(O)c(/C=N/c2nc3ccccc3[nH]2)c1. The van der Waals surface area contributed by atoms with Gasteiger partial charge in [-0.15, -0.1) is 0 Å². The Hall–Kier alpha value is -2.82. The lowest BCUT2D eigenvalue weighted by Gasteiger charge is -2.02. The topological polar surface area (TPSA) is 70.5 Å². The highest BCUT2D eigenvalue weighted by Gasteiger charge is 2.02. The summed E-state index contributed by atoms with van der Waals surface area (Å²) in [5.74, 6) is 1.30. The first-order chi connectivity index (χ1) is 9.76. The maximum absolute atomic E-state index is 9.77. The lowest BCUT2D eigenvalue weighted by molar-refractivity contribution is 0.412. The number of benzene rings is 2. The standard InChI is InChI=1S/C15H13N3O2/c1-20-11-6-7-14(19)10(8-11)9-16-15-17-12-4-2-3-5-13(12)18-15/h2-9,19H,1H3,(H,17,18)/b16-9+. The summed E-state index contributed by atoms with van der Waals surface area (Å²) < 4.78 is 5.11. The number of phenols is 1. The number of hydrogen-bond donors (Lipinski definition) is 2. The van der Waals surface area contributed by atoms with Crippen LogP contribution in [-0.2, 0) is 0 Å². The number of rotatable bonds is 3. The molecule has 0 unspecified atom stereocenters. The summed E-state index contributed by atoms with van der Waals surface area (Å²) in [6.07, 6.45) is 1.55. The Balaban J connectivity index is 1.93. The molecule has 2 aromatic carbocycles. The second kappa shape index (κ2) is 5.05. The zero-order valence-corrected chi connectivity index (χ0v) is 10.9. The van der Waals surface area contributed by atoms with Crippen LogP contribution in [0.1, 0.15) is 5.56 Å². The fourth-order valence-corrected chi connectivity index (χ4v) is 1.89. The van der Waals surface area contributed by atoms with Crippen molar-refractivity contribution < 1.29 is 9.84 Å². The quantitative estimate of drug-likeness (QED) is 0.716. The number of aromatic amines is 1. The van der Waals surface area contributed by atoms with E-state index in [0.29, 0.717) is 17.3 Å². The number of nitrogens with zero attached hydrogens (tertiary/aromatic N) is 2. The molecule has 100 valence electrons. The largest absolute Gasteiger partial charge is 0.507 e. The summed E-state index contributed by atoms with van der Waals surface area (Å²) in [5, 5.41) is 9.77. The molecule has 0 bridgehead atoms. The highest BCUT2D eigenvalue weighted by molar-refractivity contribution is 5.86. The van der Waals surface area contributed by atoms with Gasteiger partial charge in [0.1, 0.15) is 11.5 Å². The average molecular weight is 267 g/mol. The van der Waals surface area contributed by atoms with E-state index in [1.54, 1.807) is 31.5 Å². The van der Waals surface area contributed by atoms with Crippen LogP contribution in [0.25, 0.3) is 11.0 Å². The van der Waals surface area contributed by atoms with Gasteiger partial charge in [-0.3, -0.25) is 0 Å². The summed E-state index contributed by atoms with van der Waals surface area (Å²) in [6.45, 7) is 0. The molecule has 0 fully saturated rings. The number of imidazole rings is 1. The molecule has 5 nitrogen and oxygen atoms in total. The van der Waals surface area contributed by atoms with Crippen molar-refractivity contribution in [3.63, 3.8) is 0 Å². The second-order valence-electron chi connectivity index (χ2n) is 4.26. The van der Waals surface area contributed by atoms with E-state index in [2.05, 4.69) is 15.0 Å². The van der Waals surface area contributed by atoms with E-state index < -0.39 is 0 Å². The number of H-pyrrole nitrogens is 1. The molecule has 0 radical (unpaired) electrons. The summed E-state index contributed by atoms with van der Waals surface area (Å²) in [5.41, 5.74) is 2.36. The number of nitrogens with one attached hydrogen (secondary N) is 1. The first-order valence-electron chi connectivity index (χ1n) is 6.12. The van der Waals surface area contributed by atoms with Crippen LogP contribution in [0.2, 0.25) is 0 Å². The minimum absolute atomic E-state index is 0.144. The van der Waals surface area contributed by atoms with Gasteiger partial charge in [0.2, 0.25) is 5.95 Å². The summed E-state index contributed by atoms with van der Waals surface area (Å²) in [7, 11) is 1.58. The molecule has 0 aliphatic heterocycles. The molecule has 1 aromatic heterocycles. The number of fused-ring (bicyclic) bond motifs is 1. The van der Waals surface area contributed by atoms with Gasteiger partial charge in [0.15, 0.2) is 0 Å². The van der Waals surface area contributed by atoms with Gasteiger partial charge in [-0.05, 0) is 30.3 Å². The molecule has 0 amide bonds. The lowest BCUT2D eigenvalue weighted by Crippen LogP contribution is -1.87. The molecule has 2 N–H and O–H groups in total. The predicted octanol–water partition coefficient (Wildman–Crippen LogP) is 3.03. The normalized spacial score (nSPS) is 11.2. The van der Waals surface area contributed by atoms with Crippen LogP contribution in [0.3, 0.4) is 0 Å². The highest BCUT2D eigenvalue weighted by Crippen LogP contribution is 2.22. The van der Waals surface area contributed by atoms with Gasteiger partial charge in [-0.1, -0.05) is 12.1 Å². The molecule has 0 atom stereocenters. The third-order valence-corrected chi connectivity index (χ3v) is 2.94. The van der Waals surface area contributed by atoms with Crippen LogP contribution < -0.4 is 4.74 Å². The smallest absolute Gasteiger partial charge is 0.227 e. The van der Waals surface area contributed by atoms with Gasteiger partial charge in [0, 0.05) is 11.8 Å². The zero-order chi connectivity index (χ0) is 13.9. The number of aromatic nitrogens is 2. The van der Waals surface area contributed by atoms with E-state index in [0.717, 1.165) is 11.0 Å². The Morgan fingerprint density at radius 3 is 2.90 bits per heavy atom. The Bertz CT molecular complexity index is 745. The fourth-order valence-electron chi connectivity index (χ4n) is 1.89. The van der Waals surface area contributed by atoms with E-state index in [4.69, 9.17) is 4.74 Å². The number of methoxy groups -OCH3 is 1. The number of phenolic OH excluding ortho intramolecular Hbond substituents is 1. The molecule has 3 rings (SSSR count). The van der Waals surface area contributed by atoms with Gasteiger partial charge >= 0.3 is 0 Å². The number of para-hydroxylation sites is 2. The average Bonchev–Trinajstić information content (AvgIpc) is 2.89. The Morgan fingerprint density at radius 2 is 2.10 bits per heavy atom. The minimum atomic E-state index is 0.144. The Labute approximate surface area is 115 Å². The molecule has 1 heterocycles. The summed E-state index contributed by atoms with van der Waals surface area (Å²) in [6, 6.07) is 12.7. The Morgan fingerprint density at radius 1 is 1.25 bits per heavy atom. The second-order valence-corrected chi connectivity index (χ2v) is 4.26. The van der Waals surface area contributed by atoms with Crippen molar-refractivity contribution in [2.24, 2.45) is 4.99 Å². The lowest BCUT2D eigenvalue weighted by atomic mass is 10.2. The van der Waals surface area contributed by atoms with E-state index >= 15 is 0 Å². The first kappa shape index (κ1) is 12.2. The molecule has 20 heavy (non-hydrogen) atoms. The Kier molecular flexibility index (Phi) is 3.09. The van der Waals surface area contributed by atoms with Gasteiger partial charge in [-0.2, -0.15) is 0 Å². The van der Waals surface area contributed by atoms with Crippen LogP contribution in [0.15, 0.2) is 47.5 Å². The van der Waals surface area contributed by atoms with Crippen molar-refractivity contribution in [1.82, 2.24) is 9.97 Å². The molecule has 0 saturated heterocycles. The molecule has 3 aromatic rings. The van der Waals surface area contributed by atoms with Crippen LogP contribution in [0.4, 0.5) is 5.95 Å². The maximum atomic E-state index is 9.77. The van der Waals surface area contributed by atoms with Crippen molar-refractivity contribution in [2.45, 2.75) is 0 Å². The molecule has 0 aliphatic carbocycles. The van der Waals surface area contributed by atoms with Gasteiger partial charge < -0.3 is 14.8 Å². The monoisotopic (exact) mass is 267 g/mol. The van der Waals surface area contributed by atoms with Crippen LogP contribution in [0.5, 0.6) is 11.5 Å². The van der Waals surface area contributed by atoms with Gasteiger partial charge in [-0.25, -0.2) is 9.98 Å². The number of hydrogen-bond acceptors (Lipinski definition) is 4.